The van der Waals surface area contributed by atoms with E-state index >= 15 is 0 Å². The van der Waals surface area contributed by atoms with Crippen molar-refractivity contribution in [3.05, 3.63) is 0 Å². The average molecular weight is 246 g/mol. The number of halogens is 1. The molecule has 1 amide bonds. The number of amides is 1. The maximum Gasteiger partial charge on any atom is 0.223 e. The van der Waals surface area contributed by atoms with Gasteiger partial charge in [-0.2, -0.15) is 0 Å². The molecule has 0 saturated heterocycles. The highest BCUT2D eigenvalue weighted by Gasteiger charge is 2.51. The fourth-order valence-electron chi connectivity index (χ4n) is 2.02. The van der Waals surface area contributed by atoms with Crippen LogP contribution in [-0.4, -0.2) is 17.8 Å². The molecule has 1 rings (SSSR count). The quantitative estimate of drug-likeness (QED) is 0.758. The molecule has 0 spiro atoms. The third kappa shape index (κ3) is 3.38. The van der Waals surface area contributed by atoms with Gasteiger partial charge in [-0.1, -0.05) is 34.6 Å². The molecule has 1 aliphatic rings. The van der Waals surface area contributed by atoms with Gasteiger partial charge in [0.25, 0.3) is 0 Å². The zero-order valence-corrected chi connectivity index (χ0v) is 11.8. The number of rotatable bonds is 4. The summed E-state index contributed by atoms with van der Waals surface area (Å²) < 4.78 is 0. The highest BCUT2D eigenvalue weighted by molar-refractivity contribution is 6.17. The minimum Gasteiger partial charge on any atom is -0.353 e. The van der Waals surface area contributed by atoms with Crippen LogP contribution in [0.15, 0.2) is 0 Å². The summed E-state index contributed by atoms with van der Waals surface area (Å²) in [6.07, 6.45) is 1.85. The summed E-state index contributed by atoms with van der Waals surface area (Å²) in [6.45, 7) is 10.7. The SMILES string of the molecule is CC(C)(C)C(CCCl)NC(=O)C1CC1(C)C. The molecule has 0 aromatic rings. The lowest BCUT2D eigenvalue weighted by Gasteiger charge is -2.31. The van der Waals surface area contributed by atoms with Gasteiger partial charge in [-0.25, -0.2) is 0 Å². The van der Waals surface area contributed by atoms with Gasteiger partial charge in [0.2, 0.25) is 5.91 Å². The van der Waals surface area contributed by atoms with E-state index in [1.54, 1.807) is 0 Å². The molecule has 0 bridgehead atoms. The second-order valence-electron chi connectivity index (χ2n) is 6.65. The molecule has 94 valence electrons. The smallest absolute Gasteiger partial charge is 0.223 e. The monoisotopic (exact) mass is 245 g/mol. The lowest BCUT2D eigenvalue weighted by Crippen LogP contribution is -2.45. The molecule has 0 radical (unpaired) electrons. The molecule has 0 aromatic carbocycles. The molecule has 2 atom stereocenters. The largest absolute Gasteiger partial charge is 0.353 e. The first-order chi connectivity index (χ1) is 7.18. The molecule has 0 aliphatic heterocycles. The summed E-state index contributed by atoms with van der Waals surface area (Å²) in [5.74, 6) is 0.999. The third-order valence-electron chi connectivity index (χ3n) is 3.59. The van der Waals surface area contributed by atoms with Crippen molar-refractivity contribution in [1.29, 1.82) is 0 Å². The van der Waals surface area contributed by atoms with Crippen molar-refractivity contribution in [3.8, 4) is 0 Å². The Hall–Kier alpha value is -0.240. The van der Waals surface area contributed by atoms with Crippen LogP contribution in [0, 0.1) is 16.7 Å². The lowest BCUT2D eigenvalue weighted by molar-refractivity contribution is -0.124. The Kier molecular flexibility index (Phi) is 3.94. The van der Waals surface area contributed by atoms with Crippen LogP contribution in [0.3, 0.4) is 0 Å². The standard InChI is InChI=1S/C13H24ClNO/c1-12(2,3)10(6-7-14)15-11(16)9-8-13(9,4)5/h9-10H,6-8H2,1-5H3,(H,15,16). The van der Waals surface area contributed by atoms with E-state index in [1.165, 1.54) is 0 Å². The molecular weight excluding hydrogens is 222 g/mol. The van der Waals surface area contributed by atoms with E-state index in [9.17, 15) is 4.79 Å². The zero-order chi connectivity index (χ0) is 12.6. The first-order valence-electron chi connectivity index (χ1n) is 6.05. The van der Waals surface area contributed by atoms with Crippen LogP contribution in [0.2, 0.25) is 0 Å². The van der Waals surface area contributed by atoms with Crippen molar-refractivity contribution >= 4 is 17.5 Å². The van der Waals surface area contributed by atoms with E-state index in [2.05, 4.69) is 39.9 Å². The fourth-order valence-corrected chi connectivity index (χ4v) is 2.24. The van der Waals surface area contributed by atoms with Crippen molar-refractivity contribution < 1.29 is 4.79 Å². The number of hydrogen-bond donors (Lipinski definition) is 1. The number of hydrogen-bond acceptors (Lipinski definition) is 1. The van der Waals surface area contributed by atoms with E-state index in [0.717, 1.165) is 12.8 Å². The Morgan fingerprint density at radius 1 is 1.50 bits per heavy atom. The molecule has 1 N–H and O–H groups in total. The summed E-state index contributed by atoms with van der Waals surface area (Å²) in [4.78, 5) is 12.0. The van der Waals surface area contributed by atoms with Crippen LogP contribution in [-0.2, 0) is 4.79 Å². The summed E-state index contributed by atoms with van der Waals surface area (Å²) in [5.41, 5.74) is 0.275. The number of carbonyl (C=O) groups is 1. The van der Waals surface area contributed by atoms with Gasteiger partial charge in [-0.05, 0) is 23.7 Å². The molecule has 2 nitrogen and oxygen atoms in total. The Labute approximate surface area is 104 Å². The highest BCUT2D eigenvalue weighted by atomic mass is 35.5. The van der Waals surface area contributed by atoms with Gasteiger partial charge in [0.1, 0.15) is 0 Å². The minimum absolute atomic E-state index is 0.0730. The van der Waals surface area contributed by atoms with E-state index in [1.807, 2.05) is 0 Å². The van der Waals surface area contributed by atoms with Crippen molar-refractivity contribution in [2.24, 2.45) is 16.7 Å². The minimum atomic E-state index is 0.0730. The topological polar surface area (TPSA) is 29.1 Å². The van der Waals surface area contributed by atoms with E-state index < -0.39 is 0 Å². The average Bonchev–Trinajstić information content (AvgIpc) is 2.73. The van der Waals surface area contributed by atoms with Gasteiger partial charge >= 0.3 is 0 Å². The van der Waals surface area contributed by atoms with Crippen molar-refractivity contribution in [3.63, 3.8) is 0 Å². The van der Waals surface area contributed by atoms with Crippen LogP contribution in [0.4, 0.5) is 0 Å². The highest BCUT2D eigenvalue weighted by Crippen LogP contribution is 2.51. The van der Waals surface area contributed by atoms with Crippen molar-refractivity contribution in [2.45, 2.75) is 53.5 Å². The number of carbonyl (C=O) groups excluding carboxylic acids is 1. The summed E-state index contributed by atoms with van der Waals surface area (Å²) in [6, 6.07) is 0.175. The van der Waals surface area contributed by atoms with Crippen LogP contribution in [0.25, 0.3) is 0 Å². The Balaban J connectivity index is 2.53. The molecular formula is C13H24ClNO. The van der Waals surface area contributed by atoms with Crippen molar-refractivity contribution in [2.75, 3.05) is 5.88 Å². The van der Waals surface area contributed by atoms with Gasteiger partial charge in [-0.15, -0.1) is 11.6 Å². The van der Waals surface area contributed by atoms with Gasteiger partial charge in [-0.3, -0.25) is 4.79 Å². The predicted octanol–water partition coefficient (Wildman–Crippen LogP) is 3.19. The van der Waals surface area contributed by atoms with Gasteiger partial charge < -0.3 is 5.32 Å². The van der Waals surface area contributed by atoms with Crippen LogP contribution >= 0.6 is 11.6 Å². The molecule has 0 heterocycles. The van der Waals surface area contributed by atoms with E-state index in [0.29, 0.717) is 5.88 Å². The number of alkyl halides is 1. The normalized spacial score (nSPS) is 25.0. The summed E-state index contributed by atoms with van der Waals surface area (Å²) in [7, 11) is 0. The second kappa shape index (κ2) is 4.56. The molecule has 3 heteroatoms. The molecule has 1 aliphatic carbocycles. The second-order valence-corrected chi connectivity index (χ2v) is 7.03. The number of nitrogens with one attached hydrogen (secondary N) is 1. The first kappa shape index (κ1) is 13.8. The maximum atomic E-state index is 12.0. The summed E-state index contributed by atoms with van der Waals surface area (Å²) >= 11 is 5.79. The van der Waals surface area contributed by atoms with Gasteiger partial charge in [0, 0.05) is 17.8 Å². The molecule has 0 aromatic heterocycles. The molecule has 1 saturated carbocycles. The maximum absolute atomic E-state index is 12.0. The van der Waals surface area contributed by atoms with Crippen LogP contribution in [0.1, 0.15) is 47.5 Å². The molecule has 16 heavy (non-hydrogen) atoms. The zero-order valence-electron chi connectivity index (χ0n) is 11.1. The Bertz CT molecular complexity index is 268. The van der Waals surface area contributed by atoms with Gasteiger partial charge in [0.05, 0.1) is 0 Å². The summed E-state index contributed by atoms with van der Waals surface area (Å²) in [5, 5.41) is 3.15. The van der Waals surface area contributed by atoms with Crippen LogP contribution in [0.5, 0.6) is 0 Å². The van der Waals surface area contributed by atoms with Gasteiger partial charge in [0.15, 0.2) is 0 Å². The Morgan fingerprint density at radius 3 is 2.31 bits per heavy atom. The third-order valence-corrected chi connectivity index (χ3v) is 3.81. The fraction of sp³-hybridized carbons (Fsp3) is 0.923. The van der Waals surface area contributed by atoms with E-state index in [4.69, 9.17) is 11.6 Å². The van der Waals surface area contributed by atoms with Crippen LogP contribution < -0.4 is 5.32 Å². The van der Waals surface area contributed by atoms with Crippen molar-refractivity contribution in [1.82, 2.24) is 5.32 Å². The first-order valence-corrected chi connectivity index (χ1v) is 6.58. The predicted molar refractivity (Wildman–Crippen MR) is 68.6 cm³/mol. The molecule has 1 fully saturated rings. The Morgan fingerprint density at radius 2 is 2.00 bits per heavy atom. The van der Waals surface area contributed by atoms with E-state index in [-0.39, 0.29) is 28.7 Å². The lowest BCUT2D eigenvalue weighted by atomic mass is 9.85. The molecule has 2 unspecified atom stereocenters.